The molecule has 0 spiro atoms. The van der Waals surface area contributed by atoms with Crippen molar-refractivity contribution >= 4 is 27.5 Å². The highest BCUT2D eigenvalue weighted by Gasteiger charge is 2.28. The molecular formula is C17H13BrF3N3O3. The van der Waals surface area contributed by atoms with Crippen LogP contribution >= 0.6 is 15.9 Å². The van der Waals surface area contributed by atoms with E-state index in [-0.39, 0.29) is 18.1 Å². The van der Waals surface area contributed by atoms with Crippen molar-refractivity contribution in [1.29, 1.82) is 0 Å². The largest absolute Gasteiger partial charge is 0.484 e. The zero-order valence-corrected chi connectivity index (χ0v) is 15.3. The zero-order chi connectivity index (χ0) is 19.4. The summed E-state index contributed by atoms with van der Waals surface area (Å²) in [5.41, 5.74) is 0.131. The van der Waals surface area contributed by atoms with E-state index in [2.05, 4.69) is 26.3 Å². The molecule has 0 saturated heterocycles. The van der Waals surface area contributed by atoms with E-state index in [1.54, 1.807) is 12.1 Å². The Morgan fingerprint density at radius 1 is 1.26 bits per heavy atom. The van der Waals surface area contributed by atoms with Crippen LogP contribution < -0.4 is 10.1 Å². The number of anilines is 1. The third-order valence-electron chi connectivity index (χ3n) is 3.32. The Kier molecular flexibility index (Phi) is 5.54. The number of hydrogen-bond acceptors (Lipinski definition) is 4. The molecule has 6 nitrogen and oxygen atoms in total. The normalized spacial score (nSPS) is 11.4. The van der Waals surface area contributed by atoms with Crippen molar-refractivity contribution in [2.75, 3.05) is 5.32 Å². The lowest BCUT2D eigenvalue weighted by Crippen LogP contribution is -2.17. The Morgan fingerprint density at radius 3 is 2.78 bits per heavy atom. The first-order valence-electron chi connectivity index (χ1n) is 7.67. The average Bonchev–Trinajstić information content (AvgIpc) is 3.22. The monoisotopic (exact) mass is 443 g/mol. The van der Waals surface area contributed by atoms with Crippen molar-refractivity contribution in [2.24, 2.45) is 0 Å². The minimum atomic E-state index is -4.39. The van der Waals surface area contributed by atoms with Crippen LogP contribution in [-0.4, -0.2) is 21.9 Å². The molecule has 0 radical (unpaired) electrons. The van der Waals surface area contributed by atoms with Gasteiger partial charge in [-0.3, -0.25) is 9.48 Å². The van der Waals surface area contributed by atoms with Gasteiger partial charge in [0, 0.05) is 6.20 Å². The SMILES string of the molecule is O=C(Nc1cnn(CC(F)(F)F)c1)c1ccc(COc2ccccc2Br)o1. The van der Waals surface area contributed by atoms with Crippen LogP contribution in [0.2, 0.25) is 0 Å². The number of para-hydroxylation sites is 1. The quantitative estimate of drug-likeness (QED) is 0.602. The van der Waals surface area contributed by atoms with Crippen LogP contribution in [-0.2, 0) is 13.2 Å². The Bertz CT molecular complexity index is 937. The van der Waals surface area contributed by atoms with Gasteiger partial charge in [0.2, 0.25) is 0 Å². The van der Waals surface area contributed by atoms with Crippen molar-refractivity contribution in [3.63, 3.8) is 0 Å². The molecule has 0 bridgehead atoms. The van der Waals surface area contributed by atoms with Crippen LogP contribution in [0.3, 0.4) is 0 Å². The van der Waals surface area contributed by atoms with E-state index < -0.39 is 18.6 Å². The Hall–Kier alpha value is -2.75. The fourth-order valence-electron chi connectivity index (χ4n) is 2.18. The number of hydrogen-bond donors (Lipinski definition) is 1. The molecule has 0 unspecified atom stereocenters. The van der Waals surface area contributed by atoms with Crippen LogP contribution in [0.25, 0.3) is 0 Å². The third kappa shape index (κ3) is 5.36. The van der Waals surface area contributed by atoms with Crippen LogP contribution in [0, 0.1) is 0 Å². The number of furan rings is 1. The lowest BCUT2D eigenvalue weighted by molar-refractivity contribution is -0.142. The Balaban J connectivity index is 1.58. The molecular weight excluding hydrogens is 431 g/mol. The molecule has 0 saturated carbocycles. The first kappa shape index (κ1) is 19.0. The third-order valence-corrected chi connectivity index (χ3v) is 3.98. The molecule has 10 heteroatoms. The number of nitrogens with zero attached hydrogens (tertiary/aromatic N) is 2. The second-order valence-electron chi connectivity index (χ2n) is 5.48. The molecule has 1 amide bonds. The van der Waals surface area contributed by atoms with Gasteiger partial charge in [-0.1, -0.05) is 12.1 Å². The maximum atomic E-state index is 12.3. The number of amides is 1. The van der Waals surface area contributed by atoms with E-state index in [1.165, 1.54) is 6.07 Å². The van der Waals surface area contributed by atoms with E-state index in [0.29, 0.717) is 16.2 Å². The van der Waals surface area contributed by atoms with Crippen molar-refractivity contribution in [3.8, 4) is 5.75 Å². The fourth-order valence-corrected chi connectivity index (χ4v) is 2.58. The molecule has 1 N–H and O–H groups in total. The summed E-state index contributed by atoms with van der Waals surface area (Å²) in [6.45, 7) is -1.13. The molecule has 0 atom stereocenters. The van der Waals surface area contributed by atoms with Crippen molar-refractivity contribution in [3.05, 3.63) is 64.8 Å². The van der Waals surface area contributed by atoms with Crippen molar-refractivity contribution in [2.45, 2.75) is 19.3 Å². The van der Waals surface area contributed by atoms with Crippen LogP contribution in [0.5, 0.6) is 5.75 Å². The molecule has 0 aliphatic carbocycles. The molecule has 3 rings (SSSR count). The highest BCUT2D eigenvalue weighted by atomic mass is 79.9. The van der Waals surface area contributed by atoms with E-state index >= 15 is 0 Å². The topological polar surface area (TPSA) is 69.3 Å². The molecule has 142 valence electrons. The van der Waals surface area contributed by atoms with Gasteiger partial charge in [-0.05, 0) is 40.2 Å². The first-order chi connectivity index (χ1) is 12.8. The molecule has 2 aromatic heterocycles. The van der Waals surface area contributed by atoms with E-state index in [9.17, 15) is 18.0 Å². The second-order valence-corrected chi connectivity index (χ2v) is 6.34. The van der Waals surface area contributed by atoms with E-state index in [4.69, 9.17) is 9.15 Å². The van der Waals surface area contributed by atoms with E-state index in [1.807, 2.05) is 18.2 Å². The van der Waals surface area contributed by atoms with Crippen LogP contribution in [0.4, 0.5) is 18.9 Å². The van der Waals surface area contributed by atoms with Gasteiger partial charge in [-0.2, -0.15) is 18.3 Å². The fraction of sp³-hybridized carbons (Fsp3) is 0.176. The highest BCUT2D eigenvalue weighted by molar-refractivity contribution is 9.10. The minimum absolute atomic E-state index is 0.00398. The van der Waals surface area contributed by atoms with Gasteiger partial charge in [0.25, 0.3) is 5.91 Å². The zero-order valence-electron chi connectivity index (χ0n) is 13.7. The standard InChI is InChI=1S/C17H13BrF3N3O3/c18-13-3-1-2-4-14(13)26-9-12-5-6-15(27-12)16(25)23-11-7-22-24(8-11)10-17(19,20)21/h1-8H,9-10H2,(H,23,25). The summed E-state index contributed by atoms with van der Waals surface area (Å²) in [6, 6.07) is 10.3. The summed E-state index contributed by atoms with van der Waals surface area (Å²) in [7, 11) is 0. The average molecular weight is 444 g/mol. The summed E-state index contributed by atoms with van der Waals surface area (Å²) < 4.78 is 49.4. The van der Waals surface area contributed by atoms with Crippen molar-refractivity contribution in [1.82, 2.24) is 9.78 Å². The number of halogens is 4. The molecule has 27 heavy (non-hydrogen) atoms. The van der Waals surface area contributed by atoms with Gasteiger partial charge < -0.3 is 14.5 Å². The summed E-state index contributed by atoms with van der Waals surface area (Å²) in [5, 5.41) is 5.98. The number of ether oxygens (including phenoxy) is 1. The van der Waals surface area contributed by atoms with Crippen molar-refractivity contribution < 1.29 is 27.1 Å². The first-order valence-corrected chi connectivity index (χ1v) is 8.46. The number of aromatic nitrogens is 2. The van der Waals surface area contributed by atoms with Gasteiger partial charge in [-0.25, -0.2) is 0 Å². The lowest BCUT2D eigenvalue weighted by Gasteiger charge is -2.06. The van der Waals surface area contributed by atoms with Gasteiger partial charge in [0.15, 0.2) is 5.76 Å². The Labute approximate surface area is 160 Å². The molecule has 2 heterocycles. The van der Waals surface area contributed by atoms with Crippen LogP contribution in [0.1, 0.15) is 16.3 Å². The molecule has 0 aliphatic rings. The molecule has 0 aliphatic heterocycles. The summed E-state index contributed by atoms with van der Waals surface area (Å²) in [4.78, 5) is 12.1. The number of rotatable bonds is 6. The lowest BCUT2D eigenvalue weighted by atomic mass is 10.3. The van der Waals surface area contributed by atoms with Crippen LogP contribution in [0.15, 0.2) is 57.7 Å². The van der Waals surface area contributed by atoms with Gasteiger partial charge in [0.05, 0.1) is 16.4 Å². The summed E-state index contributed by atoms with van der Waals surface area (Å²) >= 11 is 3.36. The number of alkyl halides is 3. The highest BCUT2D eigenvalue weighted by Crippen LogP contribution is 2.25. The number of nitrogens with one attached hydrogen (secondary N) is 1. The summed E-state index contributed by atoms with van der Waals surface area (Å²) in [6.07, 6.45) is -2.17. The smallest absolute Gasteiger partial charge is 0.408 e. The van der Waals surface area contributed by atoms with Gasteiger partial charge in [0.1, 0.15) is 24.7 Å². The number of benzene rings is 1. The van der Waals surface area contributed by atoms with E-state index in [0.717, 1.165) is 16.9 Å². The maximum Gasteiger partial charge on any atom is 0.408 e. The number of carbonyl (C=O) groups is 1. The van der Waals surface area contributed by atoms with Gasteiger partial charge >= 0.3 is 6.18 Å². The maximum absolute atomic E-state index is 12.3. The predicted molar refractivity (Wildman–Crippen MR) is 93.4 cm³/mol. The number of carbonyl (C=O) groups excluding carboxylic acids is 1. The minimum Gasteiger partial charge on any atom is -0.484 e. The molecule has 0 fully saturated rings. The molecule has 1 aromatic carbocycles. The summed E-state index contributed by atoms with van der Waals surface area (Å²) in [5.74, 6) is 0.443. The molecule has 3 aromatic rings. The second kappa shape index (κ2) is 7.87. The Morgan fingerprint density at radius 2 is 2.04 bits per heavy atom. The predicted octanol–water partition coefficient (Wildman–Crippen LogP) is 4.63. The van der Waals surface area contributed by atoms with Gasteiger partial charge in [-0.15, -0.1) is 0 Å².